The molecule has 2 aromatic carbocycles. The minimum Gasteiger partial charge on any atom is -0.497 e. The first-order chi connectivity index (χ1) is 11.1. The van der Waals surface area contributed by atoms with Crippen molar-refractivity contribution in [3.8, 4) is 5.75 Å². The molecule has 0 aliphatic carbocycles. The molecule has 0 aliphatic rings. The van der Waals surface area contributed by atoms with Gasteiger partial charge in [-0.1, -0.05) is 24.3 Å². The molecule has 2 aromatic rings. The summed E-state index contributed by atoms with van der Waals surface area (Å²) in [5.41, 5.74) is 3.41. The lowest BCUT2D eigenvalue weighted by Gasteiger charge is -2.02. The number of nitrogens with zero attached hydrogens (tertiary/aromatic N) is 2. The van der Waals surface area contributed by atoms with Gasteiger partial charge in [0.25, 0.3) is 5.69 Å². The van der Waals surface area contributed by atoms with Gasteiger partial charge in [0.1, 0.15) is 5.75 Å². The third-order valence-corrected chi connectivity index (χ3v) is 3.05. The number of nitro benzene ring substituents is 1. The Hall–Kier alpha value is -3.22. The number of hydrogen-bond donors (Lipinski definition) is 1. The topological polar surface area (TPSA) is 93.8 Å². The molecule has 0 aliphatic heterocycles. The predicted molar refractivity (Wildman–Crippen MR) is 85.5 cm³/mol. The maximum Gasteiger partial charge on any atom is 0.278 e. The van der Waals surface area contributed by atoms with Gasteiger partial charge in [0.2, 0.25) is 5.91 Å². The van der Waals surface area contributed by atoms with E-state index in [0.29, 0.717) is 11.3 Å². The van der Waals surface area contributed by atoms with Crippen molar-refractivity contribution in [2.75, 3.05) is 7.11 Å². The van der Waals surface area contributed by atoms with Crippen LogP contribution < -0.4 is 10.2 Å². The molecular formula is C16H15N3O4. The van der Waals surface area contributed by atoms with E-state index in [1.165, 1.54) is 12.3 Å². The summed E-state index contributed by atoms with van der Waals surface area (Å²) in [6.45, 7) is 0. The number of benzene rings is 2. The fourth-order valence-corrected chi connectivity index (χ4v) is 1.91. The zero-order valence-corrected chi connectivity index (χ0v) is 12.4. The monoisotopic (exact) mass is 313 g/mol. The third kappa shape index (κ3) is 4.63. The van der Waals surface area contributed by atoms with Gasteiger partial charge < -0.3 is 4.74 Å². The summed E-state index contributed by atoms with van der Waals surface area (Å²) in [5.74, 6) is 0.397. The van der Waals surface area contributed by atoms with Crippen LogP contribution in [-0.2, 0) is 11.2 Å². The van der Waals surface area contributed by atoms with Gasteiger partial charge in [-0.25, -0.2) is 5.43 Å². The van der Waals surface area contributed by atoms with E-state index in [1.807, 2.05) is 0 Å². The van der Waals surface area contributed by atoms with E-state index in [0.717, 1.165) is 5.56 Å². The molecule has 1 amide bonds. The van der Waals surface area contributed by atoms with Gasteiger partial charge in [0, 0.05) is 6.07 Å². The van der Waals surface area contributed by atoms with E-state index < -0.39 is 4.92 Å². The Morgan fingerprint density at radius 1 is 1.26 bits per heavy atom. The Bertz CT molecular complexity index is 726. The average Bonchev–Trinajstić information content (AvgIpc) is 2.56. The second kappa shape index (κ2) is 7.69. The highest BCUT2D eigenvalue weighted by atomic mass is 16.6. The van der Waals surface area contributed by atoms with E-state index in [1.54, 1.807) is 49.6 Å². The molecule has 0 unspecified atom stereocenters. The molecule has 0 spiro atoms. The number of hydrazone groups is 1. The van der Waals surface area contributed by atoms with Crippen LogP contribution in [0.1, 0.15) is 11.1 Å². The van der Waals surface area contributed by atoms with Gasteiger partial charge in [0.15, 0.2) is 0 Å². The number of rotatable bonds is 6. The molecule has 0 radical (unpaired) electrons. The first-order valence-corrected chi connectivity index (χ1v) is 6.78. The Labute approximate surface area is 132 Å². The predicted octanol–water partition coefficient (Wildman–Crippen LogP) is 2.30. The summed E-state index contributed by atoms with van der Waals surface area (Å²) in [5, 5.41) is 14.6. The highest BCUT2D eigenvalue weighted by Gasteiger charge is 2.10. The van der Waals surface area contributed by atoms with Gasteiger partial charge in [-0.2, -0.15) is 5.10 Å². The number of para-hydroxylation sites is 1. The van der Waals surface area contributed by atoms with Crippen LogP contribution in [-0.4, -0.2) is 24.2 Å². The minimum atomic E-state index is -0.499. The van der Waals surface area contributed by atoms with Crippen molar-refractivity contribution in [3.63, 3.8) is 0 Å². The van der Waals surface area contributed by atoms with Crippen LogP contribution in [0.5, 0.6) is 5.75 Å². The number of ether oxygens (including phenoxy) is 1. The van der Waals surface area contributed by atoms with Gasteiger partial charge in [-0.15, -0.1) is 0 Å². The summed E-state index contributed by atoms with van der Waals surface area (Å²) in [6.07, 6.45) is 1.41. The van der Waals surface area contributed by atoms with Gasteiger partial charge in [-0.05, 0) is 23.8 Å². The van der Waals surface area contributed by atoms with Crippen LogP contribution in [0.4, 0.5) is 5.69 Å². The van der Waals surface area contributed by atoms with Crippen LogP contribution in [0, 0.1) is 10.1 Å². The second-order valence-corrected chi connectivity index (χ2v) is 4.63. The number of amides is 1. The summed E-state index contributed by atoms with van der Waals surface area (Å²) in [4.78, 5) is 22.1. The number of nitro groups is 1. The van der Waals surface area contributed by atoms with Gasteiger partial charge in [-0.3, -0.25) is 14.9 Å². The molecule has 0 fully saturated rings. The molecule has 7 nitrogen and oxygen atoms in total. The summed E-state index contributed by atoms with van der Waals surface area (Å²) < 4.78 is 5.04. The quantitative estimate of drug-likeness (QED) is 0.503. The van der Waals surface area contributed by atoms with Crippen LogP contribution >= 0.6 is 0 Å². The molecule has 0 atom stereocenters. The summed E-state index contributed by atoms with van der Waals surface area (Å²) in [7, 11) is 1.57. The zero-order valence-electron chi connectivity index (χ0n) is 12.4. The van der Waals surface area contributed by atoms with Crippen molar-refractivity contribution in [1.82, 2.24) is 5.43 Å². The van der Waals surface area contributed by atoms with E-state index in [4.69, 9.17) is 4.74 Å². The highest BCUT2D eigenvalue weighted by molar-refractivity contribution is 5.86. The van der Waals surface area contributed by atoms with E-state index >= 15 is 0 Å². The molecule has 118 valence electrons. The van der Waals surface area contributed by atoms with Crippen LogP contribution in [0.2, 0.25) is 0 Å². The fourth-order valence-electron chi connectivity index (χ4n) is 1.91. The van der Waals surface area contributed by atoms with E-state index in [2.05, 4.69) is 10.5 Å². The number of carbonyl (C=O) groups is 1. The first-order valence-electron chi connectivity index (χ1n) is 6.78. The SMILES string of the molecule is COc1ccc(CC(=O)NN=Cc2ccccc2[N+](=O)[O-])cc1. The number of methoxy groups -OCH3 is 1. The molecule has 1 N–H and O–H groups in total. The van der Waals surface area contributed by atoms with Crippen LogP contribution in [0.3, 0.4) is 0 Å². The second-order valence-electron chi connectivity index (χ2n) is 4.63. The molecule has 0 bridgehead atoms. The van der Waals surface area contributed by atoms with Crippen molar-refractivity contribution in [2.45, 2.75) is 6.42 Å². The largest absolute Gasteiger partial charge is 0.497 e. The standard InChI is InChI=1S/C16H15N3O4/c1-23-14-8-6-12(7-9-14)10-16(20)18-17-11-13-4-2-3-5-15(13)19(21)22/h2-9,11H,10H2,1H3,(H,18,20). The van der Waals surface area contributed by atoms with Crippen LogP contribution in [0.15, 0.2) is 53.6 Å². The van der Waals surface area contributed by atoms with Crippen molar-refractivity contribution >= 4 is 17.8 Å². The van der Waals surface area contributed by atoms with Crippen molar-refractivity contribution < 1.29 is 14.5 Å². The average molecular weight is 313 g/mol. The fraction of sp³-hybridized carbons (Fsp3) is 0.125. The molecule has 0 saturated heterocycles. The maximum absolute atomic E-state index is 11.8. The van der Waals surface area contributed by atoms with E-state index in [9.17, 15) is 14.9 Å². The van der Waals surface area contributed by atoms with E-state index in [-0.39, 0.29) is 18.0 Å². The van der Waals surface area contributed by atoms with Crippen molar-refractivity contribution in [2.24, 2.45) is 5.10 Å². The Balaban J connectivity index is 1.94. The number of hydrogen-bond acceptors (Lipinski definition) is 5. The van der Waals surface area contributed by atoms with Crippen molar-refractivity contribution in [3.05, 3.63) is 69.8 Å². The Morgan fingerprint density at radius 3 is 2.61 bits per heavy atom. The van der Waals surface area contributed by atoms with Gasteiger partial charge in [0.05, 0.1) is 30.2 Å². The summed E-state index contributed by atoms with van der Waals surface area (Å²) in [6, 6.07) is 13.2. The molecule has 0 aromatic heterocycles. The molecule has 2 rings (SSSR count). The normalized spacial score (nSPS) is 10.5. The zero-order chi connectivity index (χ0) is 16.7. The maximum atomic E-state index is 11.8. The minimum absolute atomic E-state index is 0.0688. The number of carbonyl (C=O) groups excluding carboxylic acids is 1. The lowest BCUT2D eigenvalue weighted by Crippen LogP contribution is -2.19. The van der Waals surface area contributed by atoms with Crippen LogP contribution in [0.25, 0.3) is 0 Å². The molecule has 7 heteroatoms. The molecule has 23 heavy (non-hydrogen) atoms. The lowest BCUT2D eigenvalue weighted by atomic mass is 10.1. The Morgan fingerprint density at radius 2 is 1.96 bits per heavy atom. The molecule has 0 saturated carbocycles. The van der Waals surface area contributed by atoms with Crippen molar-refractivity contribution in [1.29, 1.82) is 0 Å². The smallest absolute Gasteiger partial charge is 0.278 e. The molecular weight excluding hydrogens is 298 g/mol. The van der Waals surface area contributed by atoms with Gasteiger partial charge >= 0.3 is 0 Å². The summed E-state index contributed by atoms with van der Waals surface area (Å²) >= 11 is 0. The highest BCUT2D eigenvalue weighted by Crippen LogP contribution is 2.15. The number of nitrogens with one attached hydrogen (secondary N) is 1. The third-order valence-electron chi connectivity index (χ3n) is 3.05. The Kier molecular flexibility index (Phi) is 5.40. The molecule has 0 heterocycles. The lowest BCUT2D eigenvalue weighted by molar-refractivity contribution is -0.385. The first kappa shape index (κ1) is 16.2.